The third-order valence-corrected chi connectivity index (χ3v) is 5.60. The number of unbranched alkanes of at least 4 members (excludes halogenated alkanes) is 2. The molecule has 17 heteroatoms. The topological polar surface area (TPSA) is 110 Å². The monoisotopic (exact) mass is 565 g/mol. The van der Waals surface area contributed by atoms with E-state index in [2.05, 4.69) is 16.1 Å². The smallest absolute Gasteiger partial charge is 0.410 e. The predicted octanol–water partition coefficient (Wildman–Crippen LogP) is 4.61. The number of nitrogens with zero attached hydrogens (tertiary/aromatic N) is 1. The molecule has 0 heterocycles. The molecule has 0 aliphatic carbocycles. The van der Waals surface area contributed by atoms with Gasteiger partial charge in [0.05, 0.1) is 6.61 Å². The minimum atomic E-state index is -6.60. The Balaban J connectivity index is 6.17. The molecule has 1 unspecified atom stereocenters. The van der Waals surface area contributed by atoms with Gasteiger partial charge in [-0.15, -0.1) is 0 Å². The number of alkyl halides is 7. The average Bonchev–Trinajstić information content (AvgIpc) is 2.73. The number of carbonyl (C=O) groups excluding carboxylic acids is 2. The van der Waals surface area contributed by atoms with Gasteiger partial charge in [-0.3, -0.25) is 9.35 Å². The van der Waals surface area contributed by atoms with Crippen LogP contribution in [-0.2, 0) is 29.2 Å². The molecule has 0 aromatic rings. The van der Waals surface area contributed by atoms with Crippen molar-refractivity contribution in [3.8, 4) is 0 Å². The van der Waals surface area contributed by atoms with Crippen molar-refractivity contribution in [3.05, 3.63) is 12.4 Å². The Bertz CT molecular complexity index is 872. The Kier molecular flexibility index (Phi) is 12.3. The fraction of sp³-hybridized carbons (Fsp3) is 0.789. The number of amides is 1. The Morgan fingerprint density at radius 1 is 0.944 bits per heavy atom. The lowest BCUT2D eigenvalue weighted by atomic mass is 10.1. The molecular weight excluding hydrogens is 538 g/mol. The number of halogens is 8. The van der Waals surface area contributed by atoms with E-state index in [0.717, 1.165) is 0 Å². The fourth-order valence-electron chi connectivity index (χ4n) is 2.65. The highest BCUT2D eigenvalue weighted by molar-refractivity contribution is 7.87. The summed E-state index contributed by atoms with van der Waals surface area (Å²) in [5.41, 5.74) is 0. The third-order valence-electron chi connectivity index (χ3n) is 4.65. The number of hydrogen-bond acceptors (Lipinski definition) is 6. The first kappa shape index (κ1) is 34.0. The number of ether oxygens (including phenoxy) is 2. The zero-order valence-corrected chi connectivity index (χ0v) is 20.2. The van der Waals surface area contributed by atoms with Crippen LogP contribution in [0.3, 0.4) is 0 Å². The third kappa shape index (κ3) is 8.26. The van der Waals surface area contributed by atoms with Gasteiger partial charge in [-0.2, -0.15) is 43.5 Å². The molecule has 0 bridgehead atoms. The summed E-state index contributed by atoms with van der Waals surface area (Å²) in [5, 5.41) is -5.99. The first-order valence-electron chi connectivity index (χ1n) is 10.5. The molecule has 0 spiro atoms. The van der Waals surface area contributed by atoms with E-state index in [1.165, 1.54) is 0 Å². The first-order chi connectivity index (χ1) is 16.2. The van der Waals surface area contributed by atoms with Gasteiger partial charge in [-0.25, -0.2) is 4.79 Å². The number of esters is 1. The molecule has 212 valence electrons. The molecule has 0 aliphatic rings. The molecule has 0 saturated heterocycles. The lowest BCUT2D eigenvalue weighted by molar-refractivity contribution is -0.351. The van der Waals surface area contributed by atoms with Crippen molar-refractivity contribution in [1.29, 1.82) is 0 Å². The molecule has 0 fully saturated rings. The zero-order chi connectivity index (χ0) is 28.6. The molecule has 0 aromatic heterocycles. The van der Waals surface area contributed by atoms with Crippen molar-refractivity contribution in [2.75, 3.05) is 19.7 Å². The van der Waals surface area contributed by atoms with Gasteiger partial charge < -0.3 is 14.4 Å². The molecular formula is C19H27F8NO7S. The van der Waals surface area contributed by atoms with Crippen LogP contribution in [0.4, 0.5) is 35.1 Å². The van der Waals surface area contributed by atoms with Crippen LogP contribution in [0.1, 0.15) is 52.4 Å². The van der Waals surface area contributed by atoms with Gasteiger partial charge >= 0.3 is 45.1 Å². The van der Waals surface area contributed by atoms with E-state index in [1.54, 1.807) is 13.8 Å². The van der Waals surface area contributed by atoms with Gasteiger partial charge in [-0.1, -0.05) is 33.3 Å². The minimum Gasteiger partial charge on any atom is -0.410 e. The normalized spacial score (nSPS) is 14.8. The van der Waals surface area contributed by atoms with Gasteiger partial charge in [-0.05, 0) is 19.3 Å². The predicted molar refractivity (Wildman–Crippen MR) is 108 cm³/mol. The zero-order valence-electron chi connectivity index (χ0n) is 19.3. The van der Waals surface area contributed by atoms with Gasteiger partial charge in [0.1, 0.15) is 0 Å². The second kappa shape index (κ2) is 13.0. The summed E-state index contributed by atoms with van der Waals surface area (Å²) in [6.45, 7) is 3.56. The maximum absolute atomic E-state index is 14.1. The van der Waals surface area contributed by atoms with E-state index in [9.17, 15) is 53.1 Å². The SMILES string of the molecule is C=C(F)C(=O)OC(OCCCC(F)(F)C(F)(F)S(=O)(=O)O)(C(=O)N(CCCC)CCCC)C(F)(F)F. The van der Waals surface area contributed by atoms with Crippen LogP contribution in [0, 0.1) is 0 Å². The van der Waals surface area contributed by atoms with Crippen molar-refractivity contribution >= 4 is 22.0 Å². The Morgan fingerprint density at radius 3 is 1.78 bits per heavy atom. The van der Waals surface area contributed by atoms with Gasteiger partial charge in [0.15, 0.2) is 0 Å². The number of hydrogen-bond donors (Lipinski definition) is 1. The second-order valence-electron chi connectivity index (χ2n) is 7.56. The van der Waals surface area contributed by atoms with Gasteiger partial charge in [0, 0.05) is 19.5 Å². The highest BCUT2D eigenvalue weighted by Gasteiger charge is 2.68. The second-order valence-corrected chi connectivity index (χ2v) is 9.02. The van der Waals surface area contributed by atoms with Crippen LogP contribution in [0.5, 0.6) is 0 Å². The summed E-state index contributed by atoms with van der Waals surface area (Å²) in [5.74, 6) is -16.5. The number of carbonyl (C=O) groups is 2. The summed E-state index contributed by atoms with van der Waals surface area (Å²) in [6.07, 6.45) is -8.30. The van der Waals surface area contributed by atoms with Crippen LogP contribution in [0.2, 0.25) is 0 Å². The summed E-state index contributed by atoms with van der Waals surface area (Å²) in [6, 6.07) is 0. The van der Waals surface area contributed by atoms with Crippen LogP contribution in [-0.4, -0.2) is 72.6 Å². The Hall–Kier alpha value is -2.01. The lowest BCUT2D eigenvalue weighted by Crippen LogP contribution is -2.62. The quantitative estimate of drug-likeness (QED) is 0.0727. The van der Waals surface area contributed by atoms with Crippen molar-refractivity contribution in [3.63, 3.8) is 0 Å². The molecule has 8 nitrogen and oxygen atoms in total. The maximum Gasteiger partial charge on any atom is 0.466 e. The van der Waals surface area contributed by atoms with E-state index >= 15 is 0 Å². The van der Waals surface area contributed by atoms with Crippen LogP contribution in [0.25, 0.3) is 0 Å². The van der Waals surface area contributed by atoms with Crippen LogP contribution < -0.4 is 0 Å². The molecule has 0 aliphatic heterocycles. The molecule has 36 heavy (non-hydrogen) atoms. The van der Waals surface area contributed by atoms with Crippen molar-refractivity contribution in [1.82, 2.24) is 4.90 Å². The Labute approximate surface area is 202 Å². The average molecular weight is 565 g/mol. The fourth-order valence-corrected chi connectivity index (χ4v) is 3.13. The highest BCUT2D eigenvalue weighted by atomic mass is 32.2. The van der Waals surface area contributed by atoms with E-state index in [4.69, 9.17) is 4.55 Å². The van der Waals surface area contributed by atoms with Gasteiger partial charge in [0.25, 0.3) is 0 Å². The largest absolute Gasteiger partial charge is 0.466 e. The molecule has 0 radical (unpaired) electrons. The molecule has 1 amide bonds. The van der Waals surface area contributed by atoms with Gasteiger partial charge in [0.2, 0.25) is 5.83 Å². The standard InChI is InChI=1S/C19H27F8NO7S/c1-4-6-10-28(11-7-5-2)15(30)17(18(23,24)25,35-14(29)13(3)20)34-12-8-9-16(21,22)19(26,27)36(31,32)33/h3-12H2,1-2H3,(H,31,32,33). The summed E-state index contributed by atoms with van der Waals surface area (Å²) in [7, 11) is -6.60. The van der Waals surface area contributed by atoms with Crippen LogP contribution in [0.15, 0.2) is 12.4 Å². The van der Waals surface area contributed by atoms with E-state index in [-0.39, 0.29) is 25.9 Å². The molecule has 1 atom stereocenters. The molecule has 0 rings (SSSR count). The van der Waals surface area contributed by atoms with E-state index < -0.39 is 70.4 Å². The lowest BCUT2D eigenvalue weighted by Gasteiger charge is -2.37. The van der Waals surface area contributed by atoms with E-state index in [0.29, 0.717) is 17.7 Å². The van der Waals surface area contributed by atoms with Crippen LogP contribution >= 0.6 is 0 Å². The van der Waals surface area contributed by atoms with Crippen molar-refractivity contribution in [2.24, 2.45) is 0 Å². The van der Waals surface area contributed by atoms with Crippen molar-refractivity contribution in [2.45, 2.75) is 75.5 Å². The summed E-state index contributed by atoms with van der Waals surface area (Å²) >= 11 is 0. The summed E-state index contributed by atoms with van der Waals surface area (Å²) in [4.78, 5) is 25.2. The molecule has 1 N–H and O–H groups in total. The van der Waals surface area contributed by atoms with E-state index in [1.807, 2.05) is 0 Å². The minimum absolute atomic E-state index is 0.185. The Morgan fingerprint density at radius 2 is 1.42 bits per heavy atom. The molecule has 0 saturated carbocycles. The summed E-state index contributed by atoms with van der Waals surface area (Å²) < 4.78 is 147. The number of rotatable bonds is 16. The first-order valence-corrected chi connectivity index (χ1v) is 12.0. The highest BCUT2D eigenvalue weighted by Crippen LogP contribution is 2.42. The molecule has 0 aromatic carbocycles. The maximum atomic E-state index is 14.1. The van der Waals surface area contributed by atoms with Crippen molar-refractivity contribution < 1.29 is 67.2 Å².